The van der Waals surface area contributed by atoms with Crippen LogP contribution >= 0.6 is 0 Å². The lowest BCUT2D eigenvalue weighted by atomic mass is 10.1. The summed E-state index contributed by atoms with van der Waals surface area (Å²) < 4.78 is 55.4. The van der Waals surface area contributed by atoms with Crippen molar-refractivity contribution in [3.63, 3.8) is 0 Å². The van der Waals surface area contributed by atoms with Gasteiger partial charge in [-0.05, 0) is 29.8 Å². The van der Waals surface area contributed by atoms with Crippen LogP contribution in [0.4, 0.5) is 13.2 Å². The molecule has 0 aliphatic rings. The van der Waals surface area contributed by atoms with E-state index < -0.39 is 29.6 Å². The first-order valence-corrected chi connectivity index (χ1v) is 11.0. The number of aromatic nitrogens is 3. The fourth-order valence-electron chi connectivity index (χ4n) is 3.43. The van der Waals surface area contributed by atoms with Crippen LogP contribution in [-0.4, -0.2) is 54.7 Å². The minimum atomic E-state index is -4.52. The molecule has 0 spiro atoms. The smallest absolute Gasteiger partial charge is 0.416 e. The van der Waals surface area contributed by atoms with E-state index in [9.17, 15) is 28.0 Å². The van der Waals surface area contributed by atoms with Gasteiger partial charge >= 0.3 is 6.18 Å². The van der Waals surface area contributed by atoms with Gasteiger partial charge in [0.2, 0.25) is 5.75 Å². The number of carbonyl (C=O) groups is 2. The second-order valence-electron chi connectivity index (χ2n) is 7.66. The Bertz CT molecular complexity index is 1330. The molecule has 0 fully saturated rings. The largest absolute Gasteiger partial charge is 0.493 e. The van der Waals surface area contributed by atoms with E-state index in [-0.39, 0.29) is 41.4 Å². The van der Waals surface area contributed by atoms with Crippen LogP contribution in [0.15, 0.2) is 42.6 Å². The Balaban J connectivity index is 1.59. The van der Waals surface area contributed by atoms with E-state index in [1.165, 1.54) is 38.3 Å². The molecule has 11 nitrogen and oxygen atoms in total. The fraction of sp³-hybridized carbons (Fsp3) is 0.292. The number of methoxy groups -OCH3 is 3. The average Bonchev–Trinajstić information content (AvgIpc) is 3.39. The van der Waals surface area contributed by atoms with E-state index in [1.54, 1.807) is 6.07 Å². The van der Waals surface area contributed by atoms with Crippen LogP contribution in [-0.2, 0) is 12.7 Å². The molecule has 2 amide bonds. The molecule has 0 saturated heterocycles. The van der Waals surface area contributed by atoms with Gasteiger partial charge in [-0.2, -0.15) is 18.4 Å². The van der Waals surface area contributed by atoms with E-state index in [1.807, 2.05) is 6.07 Å². The standard InChI is InChI=1S/C24H23F3N6O5/c1-36-19-9-8-16(20(37-2)21(19)38-3)22(34)29-10-11-33-13-18(31-32-33)23(35)30-17(12-28)14-4-6-15(7-5-14)24(25,26)27/h4-9,13,17H,10-11H2,1-3H3,(H,29,34)(H,30,35). The quantitative estimate of drug-likeness (QED) is 0.406. The number of rotatable bonds is 10. The number of alkyl halides is 3. The summed E-state index contributed by atoms with van der Waals surface area (Å²) in [7, 11) is 4.27. The molecule has 14 heteroatoms. The Hall–Kier alpha value is -4.80. The van der Waals surface area contributed by atoms with Crippen LogP contribution < -0.4 is 24.8 Å². The first-order chi connectivity index (χ1) is 18.1. The number of nitriles is 1. The van der Waals surface area contributed by atoms with Gasteiger partial charge in [0.15, 0.2) is 17.2 Å². The minimum Gasteiger partial charge on any atom is -0.493 e. The molecule has 3 aromatic rings. The van der Waals surface area contributed by atoms with E-state index >= 15 is 0 Å². The van der Waals surface area contributed by atoms with Gasteiger partial charge in [-0.1, -0.05) is 17.3 Å². The van der Waals surface area contributed by atoms with Crippen molar-refractivity contribution in [3.05, 3.63) is 65.0 Å². The van der Waals surface area contributed by atoms with Crippen molar-refractivity contribution >= 4 is 11.8 Å². The van der Waals surface area contributed by atoms with Crippen LogP contribution in [0.25, 0.3) is 0 Å². The second-order valence-corrected chi connectivity index (χ2v) is 7.66. The molecule has 1 atom stereocenters. The zero-order chi connectivity index (χ0) is 27.9. The van der Waals surface area contributed by atoms with Crippen molar-refractivity contribution in [1.29, 1.82) is 5.26 Å². The number of carbonyl (C=O) groups excluding carboxylic acids is 2. The Morgan fingerprint density at radius 1 is 1.03 bits per heavy atom. The third-order valence-corrected chi connectivity index (χ3v) is 5.32. The van der Waals surface area contributed by atoms with Gasteiger partial charge in [0.05, 0.1) is 51.3 Å². The molecule has 200 valence electrons. The molecule has 38 heavy (non-hydrogen) atoms. The molecule has 2 N–H and O–H groups in total. The Labute approximate surface area is 215 Å². The van der Waals surface area contributed by atoms with Crippen molar-refractivity contribution in [2.45, 2.75) is 18.8 Å². The van der Waals surface area contributed by atoms with Crippen molar-refractivity contribution in [2.75, 3.05) is 27.9 Å². The molecule has 1 unspecified atom stereocenters. The number of hydrogen-bond donors (Lipinski definition) is 2. The Morgan fingerprint density at radius 3 is 2.29 bits per heavy atom. The number of hydrogen-bond acceptors (Lipinski definition) is 8. The van der Waals surface area contributed by atoms with Gasteiger partial charge in [-0.15, -0.1) is 5.10 Å². The summed E-state index contributed by atoms with van der Waals surface area (Å²) in [4.78, 5) is 25.2. The van der Waals surface area contributed by atoms with Gasteiger partial charge in [-0.25, -0.2) is 4.68 Å². The number of nitrogens with one attached hydrogen (secondary N) is 2. The van der Waals surface area contributed by atoms with Crippen LogP contribution in [0, 0.1) is 11.3 Å². The normalized spacial score (nSPS) is 11.7. The Kier molecular flexibility index (Phi) is 8.74. The predicted octanol–water partition coefficient (Wildman–Crippen LogP) is 2.75. The van der Waals surface area contributed by atoms with Crippen LogP contribution in [0.5, 0.6) is 17.2 Å². The van der Waals surface area contributed by atoms with Crippen LogP contribution in [0.2, 0.25) is 0 Å². The molecule has 0 radical (unpaired) electrons. The maximum absolute atomic E-state index is 12.8. The molecule has 1 heterocycles. The number of ether oxygens (including phenoxy) is 3. The summed E-state index contributed by atoms with van der Waals surface area (Å²) in [6.45, 7) is 0.273. The van der Waals surface area contributed by atoms with E-state index in [2.05, 4.69) is 20.9 Å². The van der Waals surface area contributed by atoms with Crippen molar-refractivity contribution in [3.8, 4) is 23.3 Å². The lowest BCUT2D eigenvalue weighted by molar-refractivity contribution is -0.137. The summed E-state index contributed by atoms with van der Waals surface area (Å²) in [6.07, 6.45) is -3.21. The summed E-state index contributed by atoms with van der Waals surface area (Å²) in [6, 6.07) is 7.60. The highest BCUT2D eigenvalue weighted by Crippen LogP contribution is 2.39. The Morgan fingerprint density at radius 2 is 1.71 bits per heavy atom. The fourth-order valence-corrected chi connectivity index (χ4v) is 3.43. The highest BCUT2D eigenvalue weighted by Gasteiger charge is 2.30. The van der Waals surface area contributed by atoms with Crippen molar-refractivity contribution in [2.24, 2.45) is 0 Å². The molecular weight excluding hydrogens is 509 g/mol. The predicted molar refractivity (Wildman–Crippen MR) is 126 cm³/mol. The third kappa shape index (κ3) is 6.30. The van der Waals surface area contributed by atoms with Gasteiger partial charge in [0.1, 0.15) is 6.04 Å². The molecule has 0 bridgehead atoms. The lowest BCUT2D eigenvalue weighted by Crippen LogP contribution is -2.28. The van der Waals surface area contributed by atoms with Gasteiger partial charge in [0.25, 0.3) is 11.8 Å². The van der Waals surface area contributed by atoms with Crippen molar-refractivity contribution in [1.82, 2.24) is 25.6 Å². The highest BCUT2D eigenvalue weighted by molar-refractivity contribution is 5.98. The first kappa shape index (κ1) is 27.8. The molecule has 0 aliphatic heterocycles. The maximum Gasteiger partial charge on any atom is 0.416 e. The summed E-state index contributed by atoms with van der Waals surface area (Å²) in [5, 5.41) is 22.0. The molecule has 1 aromatic heterocycles. The van der Waals surface area contributed by atoms with E-state index in [0.29, 0.717) is 5.75 Å². The number of amides is 2. The van der Waals surface area contributed by atoms with Gasteiger partial charge in [-0.3, -0.25) is 9.59 Å². The van der Waals surface area contributed by atoms with Gasteiger partial charge < -0.3 is 24.8 Å². The number of nitrogens with zero attached hydrogens (tertiary/aromatic N) is 4. The summed E-state index contributed by atoms with van der Waals surface area (Å²) in [5.74, 6) is -0.340. The second kappa shape index (κ2) is 12.0. The van der Waals surface area contributed by atoms with Crippen molar-refractivity contribution < 1.29 is 37.0 Å². The monoisotopic (exact) mass is 532 g/mol. The number of halogens is 3. The molecule has 3 rings (SSSR count). The van der Waals surface area contributed by atoms with E-state index in [0.717, 1.165) is 24.3 Å². The molecule has 2 aromatic carbocycles. The van der Waals surface area contributed by atoms with Gasteiger partial charge in [0, 0.05) is 6.54 Å². The zero-order valence-corrected chi connectivity index (χ0v) is 20.5. The van der Waals surface area contributed by atoms with Crippen LogP contribution in [0.1, 0.15) is 38.0 Å². The first-order valence-electron chi connectivity index (χ1n) is 11.0. The average molecular weight is 532 g/mol. The minimum absolute atomic E-state index is 0.118. The topological polar surface area (TPSA) is 140 Å². The number of benzene rings is 2. The maximum atomic E-state index is 12.8. The lowest BCUT2D eigenvalue weighted by Gasteiger charge is -2.15. The third-order valence-electron chi connectivity index (χ3n) is 5.32. The molecule has 0 saturated carbocycles. The summed E-state index contributed by atoms with van der Waals surface area (Å²) >= 11 is 0. The summed E-state index contributed by atoms with van der Waals surface area (Å²) in [5.41, 5.74) is -0.599. The highest BCUT2D eigenvalue weighted by atomic mass is 19.4. The molecular formula is C24H23F3N6O5. The van der Waals surface area contributed by atoms with Crippen LogP contribution in [0.3, 0.4) is 0 Å². The zero-order valence-electron chi connectivity index (χ0n) is 20.5. The molecule has 0 aliphatic carbocycles. The SMILES string of the molecule is COc1ccc(C(=O)NCCn2cc(C(=O)NC(C#N)c3ccc(C(F)(F)F)cc3)nn2)c(OC)c1OC. The van der Waals surface area contributed by atoms with E-state index in [4.69, 9.17) is 14.2 Å².